The van der Waals surface area contributed by atoms with Crippen LogP contribution in [0.5, 0.6) is 5.88 Å². The largest absolute Gasteiger partial charge is 0.477 e. The number of alkyl halides is 3. The van der Waals surface area contributed by atoms with E-state index in [0.717, 1.165) is 23.9 Å². The smallest absolute Gasteiger partial charge is 0.423 e. The molecule has 1 aromatic carbocycles. The number of anilines is 2. The number of para-hydroxylation sites is 1. The van der Waals surface area contributed by atoms with Crippen molar-refractivity contribution in [2.24, 2.45) is 0 Å². The fraction of sp³-hybridized carbons (Fsp3) is 0.444. The first kappa shape index (κ1) is 19.0. The van der Waals surface area contributed by atoms with Crippen LogP contribution in [-0.2, 0) is 12.6 Å². The lowest BCUT2D eigenvalue weighted by Crippen LogP contribution is -2.22. The summed E-state index contributed by atoms with van der Waals surface area (Å²) in [7, 11) is 0. The van der Waals surface area contributed by atoms with E-state index in [1.54, 1.807) is 4.90 Å². The van der Waals surface area contributed by atoms with Crippen molar-refractivity contribution in [2.45, 2.75) is 39.8 Å². The maximum absolute atomic E-state index is 13.2. The van der Waals surface area contributed by atoms with Gasteiger partial charge in [0.25, 0.3) is 0 Å². The summed E-state index contributed by atoms with van der Waals surface area (Å²) in [5.74, 6) is -0.228. The van der Waals surface area contributed by atoms with Crippen molar-refractivity contribution in [1.29, 1.82) is 0 Å². The topological polar surface area (TPSA) is 38.2 Å². The minimum Gasteiger partial charge on any atom is -0.477 e. The number of nitrogens with zero attached hydrogens (tertiary/aromatic N) is 3. The Morgan fingerprint density at radius 2 is 1.84 bits per heavy atom. The molecule has 2 rings (SSSR count). The summed E-state index contributed by atoms with van der Waals surface area (Å²) in [6.45, 7) is 6.44. The van der Waals surface area contributed by atoms with Crippen LogP contribution in [0.15, 0.2) is 30.5 Å². The van der Waals surface area contributed by atoms with Gasteiger partial charge in [0, 0.05) is 18.4 Å². The van der Waals surface area contributed by atoms with Crippen molar-refractivity contribution in [3.8, 4) is 5.88 Å². The third kappa shape index (κ3) is 4.41. The molecule has 25 heavy (non-hydrogen) atoms. The minimum absolute atomic E-state index is 0.164. The zero-order valence-corrected chi connectivity index (χ0v) is 14.6. The Labute approximate surface area is 145 Å². The molecule has 1 heterocycles. The van der Waals surface area contributed by atoms with Crippen LogP contribution in [0.3, 0.4) is 0 Å². The molecule has 0 aliphatic carbocycles. The molecule has 0 aliphatic heterocycles. The van der Waals surface area contributed by atoms with Crippen LogP contribution in [0.25, 0.3) is 0 Å². The van der Waals surface area contributed by atoms with Crippen LogP contribution in [0.4, 0.5) is 24.8 Å². The van der Waals surface area contributed by atoms with Crippen LogP contribution in [0, 0.1) is 0 Å². The summed E-state index contributed by atoms with van der Waals surface area (Å²) >= 11 is 0. The second-order valence-electron chi connectivity index (χ2n) is 5.46. The van der Waals surface area contributed by atoms with Crippen molar-refractivity contribution in [1.82, 2.24) is 9.97 Å². The molecular weight excluding hydrogens is 331 g/mol. The molecule has 0 unspecified atom stereocenters. The highest BCUT2D eigenvalue weighted by Gasteiger charge is 2.36. The van der Waals surface area contributed by atoms with Gasteiger partial charge in [-0.15, -0.1) is 0 Å². The van der Waals surface area contributed by atoms with Gasteiger partial charge in [-0.2, -0.15) is 18.2 Å². The molecule has 0 amide bonds. The summed E-state index contributed by atoms with van der Waals surface area (Å²) in [6, 6.07) is 7.71. The number of aryl methyl sites for hydroxylation is 1. The Hall–Kier alpha value is -2.31. The van der Waals surface area contributed by atoms with Gasteiger partial charge in [0.15, 0.2) is 0 Å². The average molecular weight is 353 g/mol. The molecule has 0 radical (unpaired) electrons. The Morgan fingerprint density at radius 3 is 2.44 bits per heavy atom. The van der Waals surface area contributed by atoms with Crippen LogP contribution in [0.1, 0.15) is 38.3 Å². The van der Waals surface area contributed by atoms with Crippen molar-refractivity contribution in [3.05, 3.63) is 41.6 Å². The van der Waals surface area contributed by atoms with E-state index < -0.39 is 17.6 Å². The maximum atomic E-state index is 13.2. The quantitative estimate of drug-likeness (QED) is 0.702. The zero-order valence-electron chi connectivity index (χ0n) is 14.6. The third-order valence-corrected chi connectivity index (χ3v) is 3.71. The van der Waals surface area contributed by atoms with E-state index in [9.17, 15) is 13.2 Å². The van der Waals surface area contributed by atoms with Crippen molar-refractivity contribution < 1.29 is 17.9 Å². The Morgan fingerprint density at radius 1 is 1.12 bits per heavy atom. The number of halogens is 3. The summed E-state index contributed by atoms with van der Waals surface area (Å²) in [5, 5.41) is 0. The fourth-order valence-electron chi connectivity index (χ4n) is 2.48. The number of benzene rings is 1. The lowest BCUT2D eigenvalue weighted by Gasteiger charge is -2.24. The Kier molecular flexibility index (Phi) is 6.22. The molecule has 7 heteroatoms. The van der Waals surface area contributed by atoms with E-state index >= 15 is 0 Å². The van der Waals surface area contributed by atoms with Gasteiger partial charge in [-0.25, -0.2) is 4.98 Å². The fourth-order valence-corrected chi connectivity index (χ4v) is 2.48. The number of hydrogen-bond donors (Lipinski definition) is 0. The van der Waals surface area contributed by atoms with E-state index in [4.69, 9.17) is 4.74 Å². The highest BCUT2D eigenvalue weighted by atomic mass is 19.4. The number of ether oxygens (including phenoxy) is 1. The van der Waals surface area contributed by atoms with Gasteiger partial charge in [0.05, 0.1) is 6.61 Å². The predicted molar refractivity (Wildman–Crippen MR) is 91.3 cm³/mol. The van der Waals surface area contributed by atoms with Crippen LogP contribution in [0.2, 0.25) is 0 Å². The zero-order chi connectivity index (χ0) is 18.4. The molecule has 136 valence electrons. The van der Waals surface area contributed by atoms with Crippen molar-refractivity contribution in [3.63, 3.8) is 0 Å². The molecular formula is C18H22F3N3O. The van der Waals surface area contributed by atoms with Crippen LogP contribution in [-0.4, -0.2) is 23.1 Å². The van der Waals surface area contributed by atoms with Crippen molar-refractivity contribution in [2.75, 3.05) is 18.1 Å². The molecule has 1 aromatic heterocycles. The van der Waals surface area contributed by atoms with E-state index in [2.05, 4.69) is 9.97 Å². The average Bonchev–Trinajstić information content (AvgIpc) is 2.60. The second kappa shape index (κ2) is 8.18. The van der Waals surface area contributed by atoms with Gasteiger partial charge in [-0.3, -0.25) is 0 Å². The predicted octanol–water partition coefficient (Wildman–Crippen LogP) is 5.00. The molecule has 0 spiro atoms. The monoisotopic (exact) mass is 353 g/mol. The lowest BCUT2D eigenvalue weighted by atomic mass is 10.1. The normalized spacial score (nSPS) is 11.4. The highest BCUT2D eigenvalue weighted by Crippen LogP contribution is 2.36. The molecule has 0 fully saturated rings. The van der Waals surface area contributed by atoms with Gasteiger partial charge in [0.1, 0.15) is 5.56 Å². The standard InChI is InChI=1S/C18H22F3N3O/c1-4-11-25-16-14(18(19,20)21)12-22-17(23-16)24(6-3)15-10-8-7-9-13(15)5-2/h7-10,12H,4-6,11H2,1-3H3. The summed E-state index contributed by atoms with van der Waals surface area (Å²) in [4.78, 5) is 9.81. The Balaban J connectivity index is 2.49. The first-order valence-corrected chi connectivity index (χ1v) is 8.34. The molecule has 0 aliphatic rings. The summed E-state index contributed by atoms with van der Waals surface area (Å²) in [5.41, 5.74) is 1.00. The summed E-state index contributed by atoms with van der Waals surface area (Å²) < 4.78 is 44.7. The lowest BCUT2D eigenvalue weighted by molar-refractivity contribution is -0.139. The first-order valence-electron chi connectivity index (χ1n) is 8.34. The van der Waals surface area contributed by atoms with Crippen LogP contribution < -0.4 is 9.64 Å². The van der Waals surface area contributed by atoms with E-state index in [0.29, 0.717) is 13.0 Å². The van der Waals surface area contributed by atoms with E-state index in [1.807, 2.05) is 45.0 Å². The van der Waals surface area contributed by atoms with Gasteiger partial charge < -0.3 is 9.64 Å². The van der Waals surface area contributed by atoms with Gasteiger partial charge in [0.2, 0.25) is 11.8 Å². The number of rotatable bonds is 7. The molecule has 0 saturated heterocycles. The molecule has 0 saturated carbocycles. The molecule has 0 N–H and O–H groups in total. The molecule has 0 atom stereocenters. The van der Waals surface area contributed by atoms with E-state index in [1.165, 1.54) is 0 Å². The third-order valence-electron chi connectivity index (χ3n) is 3.71. The maximum Gasteiger partial charge on any atom is 0.423 e. The number of aromatic nitrogens is 2. The van der Waals surface area contributed by atoms with Crippen LogP contribution >= 0.6 is 0 Å². The SMILES string of the molecule is CCCOc1nc(N(CC)c2ccccc2CC)ncc1C(F)(F)F. The highest BCUT2D eigenvalue weighted by molar-refractivity contribution is 5.62. The number of hydrogen-bond acceptors (Lipinski definition) is 4. The Bertz CT molecular complexity index is 704. The summed E-state index contributed by atoms with van der Waals surface area (Å²) in [6.07, 6.45) is -2.37. The van der Waals surface area contributed by atoms with Gasteiger partial charge in [-0.05, 0) is 31.4 Å². The minimum atomic E-state index is -4.56. The molecule has 2 aromatic rings. The van der Waals surface area contributed by atoms with Gasteiger partial charge >= 0.3 is 6.18 Å². The van der Waals surface area contributed by atoms with Gasteiger partial charge in [-0.1, -0.05) is 32.0 Å². The molecule has 4 nitrogen and oxygen atoms in total. The second-order valence-corrected chi connectivity index (χ2v) is 5.46. The van der Waals surface area contributed by atoms with E-state index in [-0.39, 0.29) is 12.6 Å². The first-order chi connectivity index (χ1) is 11.9. The van der Waals surface area contributed by atoms with Crippen molar-refractivity contribution >= 4 is 11.6 Å². The molecule has 0 bridgehead atoms.